The highest BCUT2D eigenvalue weighted by Gasteiger charge is 2.84. The van der Waals surface area contributed by atoms with E-state index in [1.807, 2.05) is 33.8 Å². The Kier molecular flexibility index (Phi) is 5.65. The Bertz CT molecular complexity index is 1100. The zero-order chi connectivity index (χ0) is 27.3. The number of hydrogen-bond donors (Lipinski definition) is 0. The van der Waals surface area contributed by atoms with Gasteiger partial charge in [0, 0.05) is 17.8 Å². The zero-order valence-electron chi connectivity index (χ0n) is 23.1. The van der Waals surface area contributed by atoms with Crippen LogP contribution in [0, 0.1) is 44.3 Å². The monoisotopic (exact) mass is 500 g/mol. The van der Waals surface area contributed by atoms with Gasteiger partial charge in [-0.2, -0.15) is 0 Å². The summed E-state index contributed by atoms with van der Waals surface area (Å²) in [6, 6.07) is 0. The third kappa shape index (κ3) is 2.62. The SMILES string of the molecule is COC(=O)[C@@]12C(=O)C(C)(C)C(=O)[C@]1(C)C(C)=CC1[C@]3(C=O)CC[C@H](OC(C)=O)C(C)(C)C3CC[C@@]12C. The molecule has 7 nitrogen and oxygen atoms in total. The van der Waals surface area contributed by atoms with Crippen LogP contribution in [-0.4, -0.2) is 43.0 Å². The molecule has 0 spiro atoms. The van der Waals surface area contributed by atoms with Crippen molar-refractivity contribution in [3.05, 3.63) is 11.6 Å². The van der Waals surface area contributed by atoms with Crippen molar-refractivity contribution in [3.8, 4) is 0 Å². The molecule has 0 aromatic heterocycles. The van der Waals surface area contributed by atoms with Crippen LogP contribution in [0.2, 0.25) is 0 Å². The van der Waals surface area contributed by atoms with Crippen LogP contribution >= 0.6 is 0 Å². The number of esters is 2. The average Bonchev–Trinajstić information content (AvgIpc) is 2.93. The van der Waals surface area contributed by atoms with E-state index in [9.17, 15) is 24.0 Å². The summed E-state index contributed by atoms with van der Waals surface area (Å²) in [6.45, 7) is 14.1. The van der Waals surface area contributed by atoms with Crippen molar-refractivity contribution in [1.29, 1.82) is 0 Å². The number of carbonyl (C=O) groups is 5. The van der Waals surface area contributed by atoms with Gasteiger partial charge in [0.1, 0.15) is 17.8 Å². The maximum absolute atomic E-state index is 14.4. The maximum atomic E-state index is 14.4. The van der Waals surface area contributed by atoms with Crippen molar-refractivity contribution in [3.63, 3.8) is 0 Å². The van der Waals surface area contributed by atoms with E-state index in [1.165, 1.54) is 14.0 Å². The lowest BCUT2D eigenvalue weighted by Crippen LogP contribution is -2.70. The normalized spacial score (nSPS) is 44.5. The maximum Gasteiger partial charge on any atom is 0.321 e. The molecule has 4 aliphatic carbocycles. The average molecular weight is 501 g/mol. The number of carbonyl (C=O) groups excluding carboxylic acids is 5. The van der Waals surface area contributed by atoms with E-state index >= 15 is 0 Å². The molecule has 0 aliphatic heterocycles. The summed E-state index contributed by atoms with van der Waals surface area (Å²) in [5.74, 6) is -2.33. The minimum Gasteiger partial charge on any atom is -0.468 e. The lowest BCUT2D eigenvalue weighted by molar-refractivity contribution is -0.217. The first-order valence-electron chi connectivity index (χ1n) is 13.0. The molecule has 4 aliphatic rings. The van der Waals surface area contributed by atoms with Crippen LogP contribution in [0.3, 0.4) is 0 Å². The number of rotatable bonds is 3. The first-order valence-corrected chi connectivity index (χ1v) is 13.0. The highest BCUT2D eigenvalue weighted by atomic mass is 16.5. The molecule has 0 saturated heterocycles. The van der Waals surface area contributed by atoms with Gasteiger partial charge in [0.25, 0.3) is 0 Å². The van der Waals surface area contributed by atoms with Crippen molar-refractivity contribution in [2.45, 2.75) is 87.2 Å². The van der Waals surface area contributed by atoms with E-state index < -0.39 is 50.2 Å². The number of methoxy groups -OCH3 is 1. The van der Waals surface area contributed by atoms with Gasteiger partial charge in [0.2, 0.25) is 0 Å². The van der Waals surface area contributed by atoms with Crippen molar-refractivity contribution in [1.82, 2.24) is 0 Å². The number of allylic oxidation sites excluding steroid dienone is 2. The van der Waals surface area contributed by atoms with Crippen molar-refractivity contribution < 1.29 is 33.4 Å². The number of hydrogen-bond acceptors (Lipinski definition) is 7. The lowest BCUT2D eigenvalue weighted by Gasteiger charge is -2.67. The first kappa shape index (κ1) is 26.7. The van der Waals surface area contributed by atoms with Crippen molar-refractivity contribution >= 4 is 29.8 Å². The van der Waals surface area contributed by atoms with Gasteiger partial charge in [-0.1, -0.05) is 32.4 Å². The van der Waals surface area contributed by atoms with Crippen LogP contribution in [0.15, 0.2) is 11.6 Å². The predicted molar refractivity (Wildman–Crippen MR) is 131 cm³/mol. The largest absolute Gasteiger partial charge is 0.468 e. The van der Waals surface area contributed by atoms with E-state index in [0.29, 0.717) is 31.3 Å². The van der Waals surface area contributed by atoms with Gasteiger partial charge in [-0.15, -0.1) is 0 Å². The van der Waals surface area contributed by atoms with Crippen LogP contribution in [0.25, 0.3) is 0 Å². The van der Waals surface area contributed by atoms with Gasteiger partial charge in [0.05, 0.1) is 17.9 Å². The molecule has 0 amide bonds. The molecule has 2 unspecified atom stereocenters. The fourth-order valence-corrected chi connectivity index (χ4v) is 9.43. The summed E-state index contributed by atoms with van der Waals surface area (Å²) < 4.78 is 11.1. The number of Topliss-reactive ketones (excluding diaryl/α,β-unsaturated/α-hetero) is 2. The lowest BCUT2D eigenvalue weighted by atomic mass is 9.33. The zero-order valence-corrected chi connectivity index (χ0v) is 23.1. The number of ether oxygens (including phenoxy) is 2. The number of aldehydes is 1. The predicted octanol–water partition coefficient (Wildman–Crippen LogP) is 4.26. The van der Waals surface area contributed by atoms with Crippen LogP contribution < -0.4 is 0 Å². The highest BCUT2D eigenvalue weighted by Crippen LogP contribution is 2.77. The molecule has 4 rings (SSSR count). The fourth-order valence-electron chi connectivity index (χ4n) is 9.43. The molecule has 7 heteroatoms. The Morgan fingerprint density at radius 2 is 1.61 bits per heavy atom. The minimum absolute atomic E-state index is 0.137. The second-order valence-electron chi connectivity index (χ2n) is 13.2. The van der Waals surface area contributed by atoms with Crippen LogP contribution in [0.1, 0.15) is 81.1 Å². The molecule has 0 heterocycles. The molecule has 0 N–H and O–H groups in total. The minimum atomic E-state index is -1.74. The van der Waals surface area contributed by atoms with Crippen LogP contribution in [-0.2, 0) is 33.4 Å². The van der Waals surface area contributed by atoms with Crippen molar-refractivity contribution in [2.75, 3.05) is 7.11 Å². The second-order valence-corrected chi connectivity index (χ2v) is 13.2. The molecular formula is C29H40O7. The third-order valence-electron chi connectivity index (χ3n) is 11.2. The van der Waals surface area contributed by atoms with E-state index in [1.54, 1.807) is 20.8 Å². The van der Waals surface area contributed by atoms with E-state index in [0.717, 1.165) is 6.29 Å². The molecule has 198 valence electrons. The summed E-state index contributed by atoms with van der Waals surface area (Å²) >= 11 is 0. The molecule has 3 saturated carbocycles. The summed E-state index contributed by atoms with van der Waals surface area (Å²) in [5.41, 5.74) is -6.23. The number of fused-ring (bicyclic) bond motifs is 5. The molecule has 7 atom stereocenters. The molecule has 3 fully saturated rings. The standard InChI is InChI=1S/C29H40O7/c1-16-14-19-26(7,29(23(34)35-9)22(33)25(5,6)21(32)27(16,29)8)12-10-18-24(3,4)20(36-17(2)31)11-13-28(18,19)15-30/h14-15,18-20H,10-13H2,1-9H3/t18?,19?,20-,26-,27-,28-,29+/m0/s1. The molecule has 0 aromatic rings. The third-order valence-corrected chi connectivity index (χ3v) is 11.2. The fraction of sp³-hybridized carbons (Fsp3) is 0.759. The van der Waals surface area contributed by atoms with E-state index in [4.69, 9.17) is 9.47 Å². The van der Waals surface area contributed by atoms with Gasteiger partial charge in [-0.25, -0.2) is 0 Å². The van der Waals surface area contributed by atoms with Crippen LogP contribution in [0.4, 0.5) is 0 Å². The van der Waals surface area contributed by atoms with E-state index in [2.05, 4.69) is 0 Å². The van der Waals surface area contributed by atoms with Crippen LogP contribution in [0.5, 0.6) is 0 Å². The quantitative estimate of drug-likeness (QED) is 0.247. The molecule has 36 heavy (non-hydrogen) atoms. The topological polar surface area (TPSA) is 104 Å². The summed E-state index contributed by atoms with van der Waals surface area (Å²) in [4.78, 5) is 67.3. The van der Waals surface area contributed by atoms with E-state index in [-0.39, 0.29) is 23.8 Å². The second kappa shape index (κ2) is 7.61. The van der Waals surface area contributed by atoms with Gasteiger partial charge >= 0.3 is 11.9 Å². The Labute approximate surface area is 213 Å². The molecule has 0 radical (unpaired) electrons. The highest BCUT2D eigenvalue weighted by molar-refractivity contribution is 6.27. The molecule has 0 bridgehead atoms. The van der Waals surface area contributed by atoms with Gasteiger partial charge in [-0.3, -0.25) is 19.2 Å². The van der Waals surface area contributed by atoms with Gasteiger partial charge < -0.3 is 14.3 Å². The van der Waals surface area contributed by atoms with Gasteiger partial charge in [0.15, 0.2) is 11.6 Å². The Balaban J connectivity index is 2.01. The summed E-state index contributed by atoms with van der Waals surface area (Å²) in [5, 5.41) is 0. The Morgan fingerprint density at radius 1 is 1.00 bits per heavy atom. The molecule has 0 aromatic carbocycles. The Morgan fingerprint density at radius 3 is 2.14 bits per heavy atom. The molecular weight excluding hydrogens is 460 g/mol. The Hall–Kier alpha value is -2.31. The summed E-state index contributed by atoms with van der Waals surface area (Å²) in [7, 11) is 1.27. The summed E-state index contributed by atoms with van der Waals surface area (Å²) in [6.07, 6.45) is 4.68. The van der Waals surface area contributed by atoms with Gasteiger partial charge in [-0.05, 0) is 70.6 Å². The first-order chi connectivity index (χ1) is 16.5. The number of ketones is 2. The smallest absolute Gasteiger partial charge is 0.321 e. The van der Waals surface area contributed by atoms with Crippen molar-refractivity contribution in [2.24, 2.45) is 44.3 Å².